The molecule has 0 radical (unpaired) electrons. The molecule has 1 rings (SSSR count). The van der Waals surface area contributed by atoms with Gasteiger partial charge in [-0.1, -0.05) is 6.07 Å². The summed E-state index contributed by atoms with van der Waals surface area (Å²) in [6.07, 6.45) is 0.156. The molecule has 0 aliphatic heterocycles. The van der Waals surface area contributed by atoms with E-state index in [2.05, 4.69) is 10.1 Å². The van der Waals surface area contributed by atoms with Crippen molar-refractivity contribution in [1.29, 1.82) is 0 Å². The minimum Gasteiger partial charge on any atom is -0.469 e. The number of nitrogens with one attached hydrogen (secondary N) is 1. The highest BCUT2D eigenvalue weighted by Gasteiger charge is 2.10. The van der Waals surface area contributed by atoms with Crippen LogP contribution in [0.2, 0.25) is 0 Å². The number of hydrogen-bond donors (Lipinski definition) is 2. The van der Waals surface area contributed by atoms with Crippen LogP contribution in [0.1, 0.15) is 22.3 Å². The lowest BCUT2D eigenvalue weighted by Crippen LogP contribution is -2.27. The molecular formula is C12H16N2O3. The van der Waals surface area contributed by atoms with Crippen molar-refractivity contribution in [1.82, 2.24) is 5.32 Å². The van der Waals surface area contributed by atoms with Gasteiger partial charge in [-0.15, -0.1) is 0 Å². The summed E-state index contributed by atoms with van der Waals surface area (Å²) in [4.78, 5) is 22.6. The second-order valence-electron chi connectivity index (χ2n) is 3.60. The summed E-state index contributed by atoms with van der Waals surface area (Å²) in [6.45, 7) is 2.03. The molecule has 1 amide bonds. The number of nitrogen functional groups attached to an aromatic ring is 1. The number of nitrogens with two attached hydrogens (primary N) is 1. The fraction of sp³-hybridized carbons (Fsp3) is 0.333. The number of rotatable bonds is 4. The number of carbonyl (C=O) groups is 2. The maximum atomic E-state index is 11.8. The van der Waals surface area contributed by atoms with E-state index in [1.165, 1.54) is 7.11 Å². The SMILES string of the molecule is COC(=O)CCNC(=O)c1cccc(N)c1C. The Balaban J connectivity index is 2.59. The topological polar surface area (TPSA) is 81.4 Å². The minimum atomic E-state index is -0.352. The maximum absolute atomic E-state index is 11.8. The van der Waals surface area contributed by atoms with E-state index in [-0.39, 0.29) is 24.8 Å². The second kappa shape index (κ2) is 5.89. The molecule has 0 unspecified atom stereocenters. The monoisotopic (exact) mass is 236 g/mol. The lowest BCUT2D eigenvalue weighted by molar-refractivity contribution is -0.140. The zero-order valence-electron chi connectivity index (χ0n) is 9.95. The molecule has 0 aliphatic carbocycles. The van der Waals surface area contributed by atoms with Crippen LogP contribution < -0.4 is 11.1 Å². The Morgan fingerprint density at radius 2 is 2.12 bits per heavy atom. The largest absolute Gasteiger partial charge is 0.469 e. The number of methoxy groups -OCH3 is 1. The summed E-state index contributed by atoms with van der Waals surface area (Å²) < 4.78 is 4.47. The molecule has 0 saturated carbocycles. The van der Waals surface area contributed by atoms with Crippen LogP contribution in [0, 0.1) is 6.92 Å². The Hall–Kier alpha value is -2.04. The van der Waals surface area contributed by atoms with Crippen LogP contribution in [0.25, 0.3) is 0 Å². The highest BCUT2D eigenvalue weighted by molar-refractivity contribution is 5.97. The van der Waals surface area contributed by atoms with Crippen LogP contribution in [-0.2, 0) is 9.53 Å². The van der Waals surface area contributed by atoms with E-state index < -0.39 is 0 Å². The van der Waals surface area contributed by atoms with Gasteiger partial charge in [0.2, 0.25) is 0 Å². The normalized spacial score (nSPS) is 9.76. The summed E-state index contributed by atoms with van der Waals surface area (Å²) in [5.41, 5.74) is 7.54. The maximum Gasteiger partial charge on any atom is 0.307 e. The first-order valence-corrected chi connectivity index (χ1v) is 5.26. The van der Waals surface area contributed by atoms with E-state index in [1.807, 2.05) is 0 Å². The molecule has 0 aliphatic rings. The van der Waals surface area contributed by atoms with E-state index in [0.717, 1.165) is 5.56 Å². The van der Waals surface area contributed by atoms with E-state index in [0.29, 0.717) is 11.3 Å². The van der Waals surface area contributed by atoms with E-state index in [4.69, 9.17) is 5.73 Å². The van der Waals surface area contributed by atoms with Gasteiger partial charge in [-0.3, -0.25) is 9.59 Å². The highest BCUT2D eigenvalue weighted by Crippen LogP contribution is 2.15. The Kier molecular flexibility index (Phi) is 4.51. The number of carbonyl (C=O) groups excluding carboxylic acids is 2. The van der Waals surface area contributed by atoms with Gasteiger partial charge < -0.3 is 15.8 Å². The number of benzene rings is 1. The molecule has 1 aromatic rings. The van der Waals surface area contributed by atoms with Gasteiger partial charge in [0.05, 0.1) is 13.5 Å². The van der Waals surface area contributed by atoms with E-state index >= 15 is 0 Å². The highest BCUT2D eigenvalue weighted by atomic mass is 16.5. The molecule has 17 heavy (non-hydrogen) atoms. The van der Waals surface area contributed by atoms with Crippen molar-refractivity contribution in [3.63, 3.8) is 0 Å². The van der Waals surface area contributed by atoms with Crippen LogP contribution in [0.15, 0.2) is 18.2 Å². The van der Waals surface area contributed by atoms with Gasteiger partial charge >= 0.3 is 5.97 Å². The Morgan fingerprint density at radius 3 is 2.76 bits per heavy atom. The van der Waals surface area contributed by atoms with Gasteiger partial charge in [0, 0.05) is 17.8 Å². The minimum absolute atomic E-state index is 0.156. The van der Waals surface area contributed by atoms with E-state index in [1.54, 1.807) is 25.1 Å². The fourth-order valence-corrected chi connectivity index (χ4v) is 1.37. The lowest BCUT2D eigenvalue weighted by Gasteiger charge is -2.08. The van der Waals surface area contributed by atoms with Crippen LogP contribution >= 0.6 is 0 Å². The lowest BCUT2D eigenvalue weighted by atomic mass is 10.1. The first-order chi connectivity index (χ1) is 8.06. The molecule has 3 N–H and O–H groups in total. The summed E-state index contributed by atoms with van der Waals surface area (Å²) >= 11 is 0. The van der Waals surface area contributed by atoms with Gasteiger partial charge in [0.15, 0.2) is 0 Å². The van der Waals surface area contributed by atoms with Crippen LogP contribution in [0.4, 0.5) is 5.69 Å². The predicted molar refractivity (Wildman–Crippen MR) is 64.6 cm³/mol. The van der Waals surface area contributed by atoms with Gasteiger partial charge in [0.1, 0.15) is 0 Å². The van der Waals surface area contributed by atoms with Gasteiger partial charge in [-0.25, -0.2) is 0 Å². The third kappa shape index (κ3) is 3.48. The van der Waals surface area contributed by atoms with Crippen molar-refractivity contribution >= 4 is 17.6 Å². The third-order valence-corrected chi connectivity index (χ3v) is 2.46. The molecule has 0 spiro atoms. The number of amides is 1. The van der Waals surface area contributed by atoms with E-state index in [9.17, 15) is 9.59 Å². The quantitative estimate of drug-likeness (QED) is 0.600. The standard InChI is InChI=1S/C12H16N2O3/c1-8-9(4-3-5-10(8)13)12(16)14-7-6-11(15)17-2/h3-5H,6-7,13H2,1-2H3,(H,14,16). The molecule has 92 valence electrons. The van der Waals surface area contributed by atoms with Crippen molar-refractivity contribution in [2.75, 3.05) is 19.4 Å². The smallest absolute Gasteiger partial charge is 0.307 e. The molecule has 0 fully saturated rings. The van der Waals surface area contributed by atoms with Crippen LogP contribution in [-0.4, -0.2) is 25.5 Å². The molecule has 0 aromatic heterocycles. The first kappa shape index (κ1) is 13.0. The van der Waals surface area contributed by atoms with Crippen molar-refractivity contribution in [3.8, 4) is 0 Å². The summed E-state index contributed by atoms with van der Waals surface area (Å²) in [6, 6.07) is 5.15. The third-order valence-electron chi connectivity index (χ3n) is 2.46. The molecule has 0 atom stereocenters. The van der Waals surface area contributed by atoms with Crippen molar-refractivity contribution < 1.29 is 14.3 Å². The predicted octanol–water partition coefficient (Wildman–Crippen LogP) is 0.870. The van der Waals surface area contributed by atoms with Gasteiger partial charge in [-0.05, 0) is 24.6 Å². The molecule has 0 bridgehead atoms. The Labute approximate surface area is 99.9 Å². The first-order valence-electron chi connectivity index (χ1n) is 5.26. The van der Waals surface area contributed by atoms with Crippen molar-refractivity contribution in [2.45, 2.75) is 13.3 Å². The zero-order valence-corrected chi connectivity index (χ0v) is 9.95. The second-order valence-corrected chi connectivity index (χ2v) is 3.60. The number of hydrogen-bond acceptors (Lipinski definition) is 4. The molecule has 1 aromatic carbocycles. The average molecular weight is 236 g/mol. The van der Waals surface area contributed by atoms with Crippen LogP contribution in [0.3, 0.4) is 0 Å². The Morgan fingerprint density at radius 1 is 1.41 bits per heavy atom. The summed E-state index contributed by atoms with van der Waals surface area (Å²) in [5.74, 6) is -0.590. The van der Waals surface area contributed by atoms with Gasteiger partial charge in [-0.2, -0.15) is 0 Å². The molecule has 5 heteroatoms. The molecule has 5 nitrogen and oxygen atoms in total. The average Bonchev–Trinajstić information content (AvgIpc) is 2.32. The summed E-state index contributed by atoms with van der Waals surface area (Å²) in [5, 5.41) is 2.64. The molecular weight excluding hydrogens is 220 g/mol. The molecule has 0 saturated heterocycles. The molecule has 0 heterocycles. The number of anilines is 1. The Bertz CT molecular complexity index is 430. The zero-order chi connectivity index (χ0) is 12.8. The number of ether oxygens (including phenoxy) is 1. The number of esters is 1. The van der Waals surface area contributed by atoms with Crippen molar-refractivity contribution in [3.05, 3.63) is 29.3 Å². The fourth-order valence-electron chi connectivity index (χ4n) is 1.37. The summed E-state index contributed by atoms with van der Waals surface area (Å²) in [7, 11) is 1.31. The van der Waals surface area contributed by atoms with Crippen LogP contribution in [0.5, 0.6) is 0 Å². The van der Waals surface area contributed by atoms with Crippen molar-refractivity contribution in [2.24, 2.45) is 0 Å². The van der Waals surface area contributed by atoms with Gasteiger partial charge in [0.25, 0.3) is 5.91 Å².